The summed E-state index contributed by atoms with van der Waals surface area (Å²) in [6, 6.07) is 5.29. The molecule has 0 bridgehead atoms. The number of pyridine rings is 1. The summed E-state index contributed by atoms with van der Waals surface area (Å²) in [5.74, 6) is 0.884. The Kier molecular flexibility index (Phi) is 2.55. The standard InChI is InChI=1S/C11H16N4O/c1-8(2)11(3)13-10(16)15(14-11)9-6-4-5-7-12-9/h4-8,14H,1-3H3,(H,13,16). The maximum Gasteiger partial charge on any atom is 0.339 e. The zero-order chi connectivity index (χ0) is 11.8. The van der Waals surface area contributed by atoms with E-state index in [1.807, 2.05) is 19.1 Å². The van der Waals surface area contributed by atoms with Crippen LogP contribution in [0.3, 0.4) is 0 Å². The molecule has 1 atom stereocenters. The monoisotopic (exact) mass is 220 g/mol. The van der Waals surface area contributed by atoms with E-state index < -0.39 is 5.66 Å². The average molecular weight is 220 g/mol. The Balaban J connectivity index is 2.24. The Labute approximate surface area is 94.8 Å². The molecule has 2 heterocycles. The van der Waals surface area contributed by atoms with E-state index in [1.54, 1.807) is 12.3 Å². The lowest BCUT2D eigenvalue weighted by Gasteiger charge is -2.28. The van der Waals surface area contributed by atoms with Gasteiger partial charge in [0.1, 0.15) is 5.66 Å². The number of nitrogens with one attached hydrogen (secondary N) is 2. The smallest absolute Gasteiger partial charge is 0.317 e. The summed E-state index contributed by atoms with van der Waals surface area (Å²) in [6.07, 6.45) is 1.66. The van der Waals surface area contributed by atoms with Crippen molar-refractivity contribution in [3.63, 3.8) is 0 Å². The highest BCUT2D eigenvalue weighted by molar-refractivity contribution is 5.92. The Hall–Kier alpha value is -1.62. The van der Waals surface area contributed by atoms with Crippen LogP contribution in [0.1, 0.15) is 20.8 Å². The number of carbonyl (C=O) groups is 1. The second-order valence-corrected chi connectivity index (χ2v) is 4.42. The molecular formula is C11H16N4O. The van der Waals surface area contributed by atoms with Gasteiger partial charge in [0, 0.05) is 6.20 Å². The molecule has 5 heteroatoms. The predicted octanol–water partition coefficient (Wildman–Crippen LogP) is 1.49. The van der Waals surface area contributed by atoms with Crippen LogP contribution in [0.2, 0.25) is 0 Å². The molecule has 0 radical (unpaired) electrons. The highest BCUT2D eigenvalue weighted by atomic mass is 16.2. The Morgan fingerprint density at radius 3 is 2.69 bits per heavy atom. The number of hydrogen-bond acceptors (Lipinski definition) is 3. The number of hydrogen-bond donors (Lipinski definition) is 2. The maximum atomic E-state index is 11.8. The highest BCUT2D eigenvalue weighted by Crippen LogP contribution is 2.21. The van der Waals surface area contributed by atoms with E-state index in [2.05, 4.69) is 29.6 Å². The third kappa shape index (κ3) is 1.74. The van der Waals surface area contributed by atoms with Crippen LogP contribution in [0.15, 0.2) is 24.4 Å². The zero-order valence-electron chi connectivity index (χ0n) is 9.69. The van der Waals surface area contributed by atoms with Gasteiger partial charge in [-0.1, -0.05) is 19.9 Å². The van der Waals surface area contributed by atoms with Crippen molar-refractivity contribution < 1.29 is 4.79 Å². The van der Waals surface area contributed by atoms with E-state index in [0.717, 1.165) is 0 Å². The second kappa shape index (κ2) is 3.75. The van der Waals surface area contributed by atoms with Gasteiger partial charge in [-0.25, -0.2) is 14.8 Å². The first-order chi connectivity index (χ1) is 7.53. The number of anilines is 1. The van der Waals surface area contributed by atoms with Crippen molar-refractivity contribution in [2.24, 2.45) is 5.92 Å². The lowest BCUT2D eigenvalue weighted by Crippen LogP contribution is -2.52. The molecule has 5 nitrogen and oxygen atoms in total. The van der Waals surface area contributed by atoms with Gasteiger partial charge in [0.2, 0.25) is 0 Å². The molecule has 1 unspecified atom stereocenters. The van der Waals surface area contributed by atoms with Gasteiger partial charge in [-0.15, -0.1) is 0 Å². The van der Waals surface area contributed by atoms with E-state index in [9.17, 15) is 4.79 Å². The van der Waals surface area contributed by atoms with Crippen LogP contribution in [-0.4, -0.2) is 16.7 Å². The van der Waals surface area contributed by atoms with Crippen LogP contribution < -0.4 is 15.8 Å². The third-order valence-electron chi connectivity index (χ3n) is 2.95. The van der Waals surface area contributed by atoms with Crippen LogP contribution in [-0.2, 0) is 0 Å². The zero-order valence-corrected chi connectivity index (χ0v) is 9.69. The molecule has 2 rings (SSSR count). The number of nitrogens with zero attached hydrogens (tertiary/aromatic N) is 2. The van der Waals surface area contributed by atoms with Crippen LogP contribution in [0.5, 0.6) is 0 Å². The van der Waals surface area contributed by atoms with Crippen molar-refractivity contribution in [2.75, 3.05) is 5.01 Å². The molecule has 0 saturated carbocycles. The number of hydrazine groups is 1. The molecule has 1 saturated heterocycles. The van der Waals surface area contributed by atoms with E-state index >= 15 is 0 Å². The highest BCUT2D eigenvalue weighted by Gasteiger charge is 2.41. The summed E-state index contributed by atoms with van der Waals surface area (Å²) < 4.78 is 0. The lowest BCUT2D eigenvalue weighted by atomic mass is 10.00. The summed E-state index contributed by atoms with van der Waals surface area (Å²) in [5, 5.41) is 4.36. The van der Waals surface area contributed by atoms with E-state index in [0.29, 0.717) is 5.82 Å². The lowest BCUT2D eigenvalue weighted by molar-refractivity contribution is 0.236. The largest absolute Gasteiger partial charge is 0.339 e. The SMILES string of the molecule is CC(C)C1(C)NC(=O)N(c2ccccn2)N1. The molecule has 2 amide bonds. The van der Waals surface area contributed by atoms with Crippen molar-refractivity contribution in [3.8, 4) is 0 Å². The molecule has 1 aliphatic rings. The Morgan fingerprint density at radius 1 is 1.44 bits per heavy atom. The van der Waals surface area contributed by atoms with Gasteiger partial charge in [-0.3, -0.25) is 0 Å². The summed E-state index contributed by atoms with van der Waals surface area (Å²) in [5.41, 5.74) is 2.72. The Morgan fingerprint density at radius 2 is 2.19 bits per heavy atom. The molecule has 86 valence electrons. The molecule has 1 fully saturated rings. The molecule has 1 aromatic rings. The predicted molar refractivity (Wildman–Crippen MR) is 61.6 cm³/mol. The topological polar surface area (TPSA) is 57.3 Å². The van der Waals surface area contributed by atoms with Crippen LogP contribution in [0, 0.1) is 5.92 Å². The van der Waals surface area contributed by atoms with E-state index in [4.69, 9.17) is 0 Å². The fraction of sp³-hybridized carbons (Fsp3) is 0.455. The third-order valence-corrected chi connectivity index (χ3v) is 2.95. The van der Waals surface area contributed by atoms with Crippen molar-refractivity contribution in [1.82, 2.24) is 15.7 Å². The second-order valence-electron chi connectivity index (χ2n) is 4.42. The molecule has 1 aliphatic heterocycles. The molecular weight excluding hydrogens is 204 g/mol. The quantitative estimate of drug-likeness (QED) is 0.794. The van der Waals surface area contributed by atoms with Crippen molar-refractivity contribution >= 4 is 11.8 Å². The summed E-state index contributed by atoms with van der Waals surface area (Å²) in [6.45, 7) is 6.06. The summed E-state index contributed by atoms with van der Waals surface area (Å²) in [4.78, 5) is 15.9. The maximum absolute atomic E-state index is 11.8. The van der Waals surface area contributed by atoms with Gasteiger partial charge >= 0.3 is 6.03 Å². The van der Waals surface area contributed by atoms with Gasteiger partial charge in [-0.2, -0.15) is 5.43 Å². The minimum Gasteiger partial charge on any atom is -0.317 e. The number of aromatic nitrogens is 1. The van der Waals surface area contributed by atoms with E-state index in [1.165, 1.54) is 5.01 Å². The van der Waals surface area contributed by atoms with Crippen molar-refractivity contribution in [3.05, 3.63) is 24.4 Å². The fourth-order valence-corrected chi connectivity index (χ4v) is 1.51. The molecule has 1 aromatic heterocycles. The summed E-state index contributed by atoms with van der Waals surface area (Å²) in [7, 11) is 0. The van der Waals surface area contributed by atoms with Gasteiger partial charge in [-0.05, 0) is 25.0 Å². The number of urea groups is 1. The first-order valence-corrected chi connectivity index (χ1v) is 5.34. The molecule has 0 aromatic carbocycles. The summed E-state index contributed by atoms with van der Waals surface area (Å²) >= 11 is 0. The minimum atomic E-state index is -0.422. The van der Waals surface area contributed by atoms with Gasteiger partial charge in [0.15, 0.2) is 5.82 Å². The Bertz CT molecular complexity index is 392. The average Bonchev–Trinajstić information content (AvgIpc) is 2.57. The van der Waals surface area contributed by atoms with Crippen molar-refractivity contribution in [2.45, 2.75) is 26.4 Å². The van der Waals surface area contributed by atoms with Crippen molar-refractivity contribution in [1.29, 1.82) is 0 Å². The molecule has 16 heavy (non-hydrogen) atoms. The van der Waals surface area contributed by atoms with Crippen LogP contribution >= 0.6 is 0 Å². The normalized spacial score (nSPS) is 25.0. The molecule has 2 N–H and O–H groups in total. The number of rotatable bonds is 2. The first-order valence-electron chi connectivity index (χ1n) is 5.34. The molecule has 0 spiro atoms. The number of carbonyl (C=O) groups excluding carboxylic acids is 1. The van der Waals surface area contributed by atoms with E-state index in [-0.39, 0.29) is 11.9 Å². The first kappa shape index (κ1) is 10.9. The number of amides is 2. The molecule has 0 aliphatic carbocycles. The minimum absolute atomic E-state index is 0.171. The van der Waals surface area contributed by atoms with Gasteiger partial charge < -0.3 is 5.32 Å². The van der Waals surface area contributed by atoms with Gasteiger partial charge in [0.05, 0.1) is 0 Å². The van der Waals surface area contributed by atoms with Gasteiger partial charge in [0.25, 0.3) is 0 Å². The fourth-order valence-electron chi connectivity index (χ4n) is 1.51. The van der Waals surface area contributed by atoms with Crippen LogP contribution in [0.4, 0.5) is 10.6 Å². The van der Waals surface area contributed by atoms with Crippen LogP contribution in [0.25, 0.3) is 0 Å².